The number of nitrogens with two attached hydrogens (primary N) is 1. The van der Waals surface area contributed by atoms with Gasteiger partial charge in [0, 0.05) is 18.5 Å². The highest BCUT2D eigenvalue weighted by atomic mass is 16.2. The number of hydrogen-bond donors (Lipinski definition) is 2. The first-order valence-electron chi connectivity index (χ1n) is 8.32. The summed E-state index contributed by atoms with van der Waals surface area (Å²) in [5, 5.41) is 6.84. The van der Waals surface area contributed by atoms with Crippen LogP contribution in [0.25, 0.3) is 0 Å². The van der Waals surface area contributed by atoms with Crippen molar-refractivity contribution in [2.75, 3.05) is 5.32 Å². The third kappa shape index (κ3) is 4.57. The van der Waals surface area contributed by atoms with E-state index in [2.05, 4.69) is 10.4 Å². The van der Waals surface area contributed by atoms with E-state index in [1.54, 1.807) is 6.20 Å². The van der Waals surface area contributed by atoms with Crippen molar-refractivity contribution in [3.63, 3.8) is 0 Å². The van der Waals surface area contributed by atoms with Gasteiger partial charge in [-0.1, -0.05) is 60.7 Å². The van der Waals surface area contributed by atoms with Gasteiger partial charge in [-0.05, 0) is 11.1 Å². The number of aromatic nitrogens is 2. The summed E-state index contributed by atoms with van der Waals surface area (Å²) in [5.74, 6) is -0.654. The second kappa shape index (κ2) is 8.11. The number of carbonyl (C=O) groups excluding carboxylic acids is 2. The van der Waals surface area contributed by atoms with Crippen LogP contribution in [0.3, 0.4) is 0 Å². The molecule has 0 aliphatic carbocycles. The third-order valence-electron chi connectivity index (χ3n) is 4.03. The van der Waals surface area contributed by atoms with Crippen LogP contribution in [0.4, 0.5) is 5.69 Å². The Morgan fingerprint density at radius 1 is 1.00 bits per heavy atom. The highest BCUT2D eigenvalue weighted by molar-refractivity contribution is 5.91. The second-order valence-electron chi connectivity index (χ2n) is 6.02. The summed E-state index contributed by atoms with van der Waals surface area (Å²) in [6.45, 7) is -0.0213. The molecule has 0 aliphatic rings. The van der Waals surface area contributed by atoms with Crippen LogP contribution in [0.2, 0.25) is 0 Å². The van der Waals surface area contributed by atoms with Crippen molar-refractivity contribution >= 4 is 17.5 Å². The van der Waals surface area contributed by atoms with Crippen LogP contribution < -0.4 is 11.1 Å². The van der Waals surface area contributed by atoms with E-state index < -0.39 is 5.91 Å². The molecular formula is C20H20N4O2. The maximum Gasteiger partial charge on any atom is 0.239 e. The fraction of sp³-hybridized carbons (Fsp3) is 0.150. The van der Waals surface area contributed by atoms with Crippen molar-refractivity contribution in [1.82, 2.24) is 9.78 Å². The number of primary amides is 1. The molecule has 0 fully saturated rings. The molecule has 0 spiro atoms. The minimum absolute atomic E-state index is 0.0213. The second-order valence-corrected chi connectivity index (χ2v) is 6.02. The van der Waals surface area contributed by atoms with Gasteiger partial charge in [0.25, 0.3) is 0 Å². The van der Waals surface area contributed by atoms with Gasteiger partial charge < -0.3 is 11.1 Å². The standard InChI is InChI=1S/C20H20N4O2/c21-19(25)14-24-13-17(12-22-24)23-20(26)11-18(15-7-3-1-4-8-15)16-9-5-2-6-10-16/h1-10,12-13,18H,11,14H2,(H2,21,25)(H,23,26). The van der Waals surface area contributed by atoms with Gasteiger partial charge in [-0.3, -0.25) is 14.3 Å². The molecule has 3 aromatic rings. The van der Waals surface area contributed by atoms with Gasteiger partial charge in [-0.2, -0.15) is 5.10 Å². The Kier molecular flexibility index (Phi) is 5.43. The van der Waals surface area contributed by atoms with Gasteiger partial charge in [0.05, 0.1) is 11.9 Å². The number of rotatable bonds is 7. The fourth-order valence-corrected chi connectivity index (χ4v) is 2.87. The zero-order chi connectivity index (χ0) is 18.4. The number of hydrogen-bond acceptors (Lipinski definition) is 3. The molecule has 132 valence electrons. The molecule has 1 heterocycles. The third-order valence-corrected chi connectivity index (χ3v) is 4.03. The topological polar surface area (TPSA) is 90.0 Å². The van der Waals surface area contributed by atoms with Gasteiger partial charge >= 0.3 is 0 Å². The van der Waals surface area contributed by atoms with E-state index in [4.69, 9.17) is 5.73 Å². The van der Waals surface area contributed by atoms with Crippen molar-refractivity contribution < 1.29 is 9.59 Å². The highest BCUT2D eigenvalue weighted by Gasteiger charge is 2.18. The number of amides is 2. The Morgan fingerprint density at radius 3 is 2.12 bits per heavy atom. The van der Waals surface area contributed by atoms with Gasteiger partial charge in [-0.25, -0.2) is 0 Å². The van der Waals surface area contributed by atoms with Crippen molar-refractivity contribution in [3.8, 4) is 0 Å². The molecule has 0 radical (unpaired) electrons. The SMILES string of the molecule is NC(=O)Cn1cc(NC(=O)CC(c2ccccc2)c2ccccc2)cn1. The van der Waals surface area contributed by atoms with Crippen LogP contribution in [-0.4, -0.2) is 21.6 Å². The quantitative estimate of drug-likeness (QED) is 0.687. The van der Waals surface area contributed by atoms with Crippen LogP contribution in [-0.2, 0) is 16.1 Å². The summed E-state index contributed by atoms with van der Waals surface area (Å²) < 4.78 is 1.39. The maximum absolute atomic E-state index is 12.6. The predicted molar refractivity (Wildman–Crippen MR) is 99.4 cm³/mol. The normalized spacial score (nSPS) is 10.7. The number of nitrogens with one attached hydrogen (secondary N) is 1. The van der Waals surface area contributed by atoms with Gasteiger partial charge in [-0.15, -0.1) is 0 Å². The summed E-state index contributed by atoms with van der Waals surface area (Å²) in [4.78, 5) is 23.5. The first kappa shape index (κ1) is 17.4. The molecule has 0 unspecified atom stereocenters. The molecule has 26 heavy (non-hydrogen) atoms. The first-order chi connectivity index (χ1) is 12.6. The lowest BCUT2D eigenvalue weighted by Crippen LogP contribution is -2.19. The largest absolute Gasteiger partial charge is 0.368 e. The Morgan fingerprint density at radius 2 is 1.58 bits per heavy atom. The molecule has 1 aromatic heterocycles. The first-order valence-corrected chi connectivity index (χ1v) is 8.32. The molecule has 0 saturated heterocycles. The summed E-state index contributed by atoms with van der Waals surface area (Å²) >= 11 is 0. The molecule has 0 saturated carbocycles. The van der Waals surface area contributed by atoms with E-state index in [1.807, 2.05) is 60.7 Å². The van der Waals surface area contributed by atoms with Crippen LogP contribution in [0.1, 0.15) is 23.5 Å². The van der Waals surface area contributed by atoms with Crippen LogP contribution in [0.15, 0.2) is 73.1 Å². The van der Waals surface area contributed by atoms with Gasteiger partial charge in [0.1, 0.15) is 6.54 Å². The smallest absolute Gasteiger partial charge is 0.239 e. The predicted octanol–water partition coefficient (Wildman–Crippen LogP) is 2.53. The lowest BCUT2D eigenvalue weighted by Gasteiger charge is -2.17. The fourth-order valence-electron chi connectivity index (χ4n) is 2.87. The number of carbonyl (C=O) groups is 2. The average molecular weight is 348 g/mol. The number of anilines is 1. The molecule has 3 N–H and O–H groups in total. The summed E-state index contributed by atoms with van der Waals surface area (Å²) in [5.41, 5.74) is 7.84. The summed E-state index contributed by atoms with van der Waals surface area (Å²) in [7, 11) is 0. The molecule has 0 atom stereocenters. The lowest BCUT2D eigenvalue weighted by atomic mass is 9.88. The lowest BCUT2D eigenvalue weighted by molar-refractivity contribution is -0.118. The van der Waals surface area contributed by atoms with Crippen molar-refractivity contribution in [2.45, 2.75) is 18.9 Å². The molecular weight excluding hydrogens is 328 g/mol. The Labute approximate surface area is 151 Å². The summed E-state index contributed by atoms with van der Waals surface area (Å²) in [6.07, 6.45) is 3.39. The zero-order valence-electron chi connectivity index (χ0n) is 14.2. The Hall–Kier alpha value is -3.41. The molecule has 6 heteroatoms. The van der Waals surface area contributed by atoms with E-state index in [1.165, 1.54) is 10.9 Å². The number of benzene rings is 2. The molecule has 6 nitrogen and oxygen atoms in total. The van der Waals surface area contributed by atoms with E-state index in [-0.39, 0.29) is 18.4 Å². The van der Waals surface area contributed by atoms with Crippen molar-refractivity contribution in [2.24, 2.45) is 5.73 Å². The minimum atomic E-state index is -0.487. The van der Waals surface area contributed by atoms with E-state index in [0.717, 1.165) is 11.1 Å². The Balaban J connectivity index is 1.73. The van der Waals surface area contributed by atoms with Crippen molar-refractivity contribution in [1.29, 1.82) is 0 Å². The van der Waals surface area contributed by atoms with Crippen LogP contribution in [0, 0.1) is 0 Å². The zero-order valence-corrected chi connectivity index (χ0v) is 14.2. The van der Waals surface area contributed by atoms with Gasteiger partial charge in [0.2, 0.25) is 11.8 Å². The molecule has 0 bridgehead atoms. The number of nitrogens with zero attached hydrogens (tertiary/aromatic N) is 2. The van der Waals surface area contributed by atoms with E-state index >= 15 is 0 Å². The van der Waals surface area contributed by atoms with Crippen LogP contribution in [0.5, 0.6) is 0 Å². The Bertz CT molecular complexity index is 836. The highest BCUT2D eigenvalue weighted by Crippen LogP contribution is 2.28. The summed E-state index contributed by atoms with van der Waals surface area (Å²) in [6, 6.07) is 19.9. The van der Waals surface area contributed by atoms with Crippen molar-refractivity contribution in [3.05, 3.63) is 84.2 Å². The molecule has 0 aliphatic heterocycles. The monoisotopic (exact) mass is 348 g/mol. The van der Waals surface area contributed by atoms with E-state index in [9.17, 15) is 9.59 Å². The van der Waals surface area contributed by atoms with E-state index in [0.29, 0.717) is 12.1 Å². The van der Waals surface area contributed by atoms with Crippen LogP contribution >= 0.6 is 0 Å². The molecule has 3 rings (SSSR count). The molecule has 2 aromatic carbocycles. The molecule has 2 amide bonds. The average Bonchev–Trinajstić information content (AvgIpc) is 3.07. The maximum atomic E-state index is 12.6. The minimum Gasteiger partial charge on any atom is -0.368 e. The van der Waals surface area contributed by atoms with Gasteiger partial charge in [0.15, 0.2) is 0 Å².